The molecule has 2 aromatic heterocycles. The third-order valence-corrected chi connectivity index (χ3v) is 7.09. The molecular formula is C24H26FN5O2. The van der Waals surface area contributed by atoms with Crippen molar-refractivity contribution in [2.45, 2.75) is 56.2 Å². The zero-order chi connectivity index (χ0) is 22.1. The first-order valence-corrected chi connectivity index (χ1v) is 11.3. The summed E-state index contributed by atoms with van der Waals surface area (Å²) < 4.78 is 20.0. The maximum atomic E-state index is 13.8. The molecule has 2 aromatic rings. The highest BCUT2D eigenvalue weighted by molar-refractivity contribution is 5.78. The van der Waals surface area contributed by atoms with Gasteiger partial charge in [0.2, 0.25) is 5.91 Å². The maximum absolute atomic E-state index is 13.8. The largest absolute Gasteiger partial charge is 0.360 e. The summed E-state index contributed by atoms with van der Waals surface area (Å²) in [5, 5.41) is 9.00. The van der Waals surface area contributed by atoms with Gasteiger partial charge in [-0.15, -0.1) is 0 Å². The van der Waals surface area contributed by atoms with Crippen LogP contribution in [0, 0.1) is 17.1 Å². The number of ether oxygens (including phenoxy) is 1. The van der Waals surface area contributed by atoms with Crippen molar-refractivity contribution >= 4 is 11.7 Å². The quantitative estimate of drug-likeness (QED) is 0.718. The number of pyridine rings is 2. The number of nitriles is 1. The Morgan fingerprint density at radius 2 is 1.94 bits per heavy atom. The molecule has 2 atom stereocenters. The highest BCUT2D eigenvalue weighted by atomic mass is 19.1. The number of carbonyl (C=O) groups excluding carboxylic acids is 1. The Morgan fingerprint density at radius 1 is 1.19 bits per heavy atom. The average molecular weight is 436 g/mol. The molecule has 1 amide bonds. The number of likely N-dealkylation sites (tertiary alicyclic amines) is 1. The summed E-state index contributed by atoms with van der Waals surface area (Å²) in [4.78, 5) is 25.7. The molecule has 0 spiro atoms. The van der Waals surface area contributed by atoms with Gasteiger partial charge in [-0.3, -0.25) is 9.78 Å². The number of nitrogens with zero attached hydrogens (tertiary/aromatic N) is 5. The normalized spacial score (nSPS) is 23.9. The lowest BCUT2D eigenvalue weighted by atomic mass is 9.93. The van der Waals surface area contributed by atoms with Gasteiger partial charge in [-0.1, -0.05) is 12.8 Å². The SMILES string of the molecule is N#Cc1ccc(N2C3CCC2CN(C(=O)COC2(c4cncc(F)c4)CCCC2)C3)nc1. The van der Waals surface area contributed by atoms with Gasteiger partial charge >= 0.3 is 0 Å². The second-order valence-corrected chi connectivity index (χ2v) is 8.99. The van der Waals surface area contributed by atoms with E-state index in [9.17, 15) is 9.18 Å². The van der Waals surface area contributed by atoms with Crippen LogP contribution in [0.4, 0.5) is 10.2 Å². The molecule has 3 aliphatic rings. The second kappa shape index (κ2) is 8.47. The fourth-order valence-corrected chi connectivity index (χ4v) is 5.50. The first-order chi connectivity index (χ1) is 15.6. The number of carbonyl (C=O) groups is 1. The van der Waals surface area contributed by atoms with Gasteiger partial charge in [0.1, 0.15) is 24.3 Å². The molecule has 3 fully saturated rings. The van der Waals surface area contributed by atoms with Crippen LogP contribution in [0.2, 0.25) is 0 Å². The minimum atomic E-state index is -0.627. The van der Waals surface area contributed by atoms with E-state index in [1.54, 1.807) is 18.5 Å². The molecule has 1 saturated carbocycles. The molecule has 2 aliphatic heterocycles. The second-order valence-electron chi connectivity index (χ2n) is 8.99. The molecule has 1 aliphatic carbocycles. The molecule has 8 heteroatoms. The summed E-state index contributed by atoms with van der Waals surface area (Å²) in [6, 6.07) is 7.68. The van der Waals surface area contributed by atoms with Crippen LogP contribution in [0.15, 0.2) is 36.8 Å². The summed E-state index contributed by atoms with van der Waals surface area (Å²) in [6.45, 7) is 1.26. The number of anilines is 1. The molecular weight excluding hydrogens is 409 g/mol. The van der Waals surface area contributed by atoms with Crippen molar-refractivity contribution in [3.8, 4) is 6.07 Å². The molecule has 2 unspecified atom stereocenters. The highest BCUT2D eigenvalue weighted by Crippen LogP contribution is 2.42. The van der Waals surface area contributed by atoms with Crippen LogP contribution < -0.4 is 4.90 Å². The lowest BCUT2D eigenvalue weighted by Crippen LogP contribution is -2.56. The van der Waals surface area contributed by atoms with Crippen LogP contribution in [0.5, 0.6) is 0 Å². The summed E-state index contributed by atoms with van der Waals surface area (Å²) in [7, 11) is 0. The number of hydrogen-bond donors (Lipinski definition) is 0. The van der Waals surface area contributed by atoms with Crippen LogP contribution in [0.1, 0.15) is 49.7 Å². The highest BCUT2D eigenvalue weighted by Gasteiger charge is 2.43. The van der Waals surface area contributed by atoms with Crippen LogP contribution in [0.25, 0.3) is 0 Å². The van der Waals surface area contributed by atoms with Crippen molar-refractivity contribution in [2.24, 2.45) is 0 Å². The fourth-order valence-electron chi connectivity index (χ4n) is 5.50. The molecule has 166 valence electrons. The molecule has 32 heavy (non-hydrogen) atoms. The lowest BCUT2D eigenvalue weighted by molar-refractivity contribution is -0.145. The number of piperazine rings is 1. The van der Waals surface area contributed by atoms with Crippen LogP contribution in [0.3, 0.4) is 0 Å². The molecule has 2 bridgehead atoms. The zero-order valence-corrected chi connectivity index (χ0v) is 17.9. The third kappa shape index (κ3) is 3.82. The van der Waals surface area contributed by atoms with E-state index in [4.69, 9.17) is 10.00 Å². The van der Waals surface area contributed by atoms with Gasteiger partial charge in [0.25, 0.3) is 0 Å². The lowest BCUT2D eigenvalue weighted by Gasteiger charge is -2.42. The molecule has 7 nitrogen and oxygen atoms in total. The first kappa shape index (κ1) is 20.8. The third-order valence-electron chi connectivity index (χ3n) is 7.09. The van der Waals surface area contributed by atoms with Crippen molar-refractivity contribution in [3.63, 3.8) is 0 Å². The summed E-state index contributed by atoms with van der Waals surface area (Å²) in [6.07, 6.45) is 9.99. The number of fused-ring (bicyclic) bond motifs is 2. The van der Waals surface area contributed by atoms with E-state index in [-0.39, 0.29) is 30.4 Å². The molecule has 0 N–H and O–H groups in total. The summed E-state index contributed by atoms with van der Waals surface area (Å²) >= 11 is 0. The predicted molar refractivity (Wildman–Crippen MR) is 115 cm³/mol. The Morgan fingerprint density at radius 3 is 2.56 bits per heavy atom. The monoisotopic (exact) mass is 435 g/mol. The standard InChI is InChI=1S/C24H26FN5O2/c25-19-9-18(12-27-13-19)24(7-1-2-8-24)32-16-23(31)29-14-20-4-5-21(15-29)30(20)22-6-3-17(10-26)11-28-22/h3,6,9,11-13,20-21H,1-2,4-5,7-8,14-16H2. The number of amides is 1. The van der Waals surface area contributed by atoms with E-state index in [1.165, 1.54) is 12.3 Å². The van der Waals surface area contributed by atoms with E-state index in [0.717, 1.165) is 49.9 Å². The maximum Gasteiger partial charge on any atom is 0.248 e. The van der Waals surface area contributed by atoms with E-state index in [0.29, 0.717) is 18.7 Å². The van der Waals surface area contributed by atoms with Gasteiger partial charge in [-0.25, -0.2) is 9.37 Å². The minimum absolute atomic E-state index is 0.00886. The van der Waals surface area contributed by atoms with Crippen molar-refractivity contribution in [3.05, 3.63) is 53.7 Å². The van der Waals surface area contributed by atoms with Crippen LogP contribution >= 0.6 is 0 Å². The van der Waals surface area contributed by atoms with Crippen LogP contribution in [-0.2, 0) is 15.1 Å². The zero-order valence-electron chi connectivity index (χ0n) is 17.9. The Labute approximate surface area is 186 Å². The molecule has 0 radical (unpaired) electrons. The Balaban J connectivity index is 1.25. The molecule has 4 heterocycles. The van der Waals surface area contributed by atoms with Gasteiger partial charge in [0.15, 0.2) is 0 Å². The van der Waals surface area contributed by atoms with Crippen molar-refractivity contribution in [1.82, 2.24) is 14.9 Å². The van der Waals surface area contributed by atoms with Crippen molar-refractivity contribution < 1.29 is 13.9 Å². The number of hydrogen-bond acceptors (Lipinski definition) is 6. The number of aromatic nitrogens is 2. The van der Waals surface area contributed by atoms with Gasteiger partial charge < -0.3 is 14.5 Å². The van der Waals surface area contributed by atoms with Crippen LogP contribution in [-0.4, -0.2) is 52.6 Å². The Bertz CT molecular complexity index is 1020. The van der Waals surface area contributed by atoms with Gasteiger partial charge in [0.05, 0.1) is 17.4 Å². The smallest absolute Gasteiger partial charge is 0.248 e. The predicted octanol–water partition coefficient (Wildman–Crippen LogP) is 3.15. The molecule has 2 saturated heterocycles. The topological polar surface area (TPSA) is 82.4 Å². The first-order valence-electron chi connectivity index (χ1n) is 11.3. The number of halogens is 1. The number of rotatable bonds is 5. The minimum Gasteiger partial charge on any atom is -0.360 e. The van der Waals surface area contributed by atoms with E-state index in [2.05, 4.69) is 20.9 Å². The van der Waals surface area contributed by atoms with E-state index < -0.39 is 5.60 Å². The van der Waals surface area contributed by atoms with Crippen molar-refractivity contribution in [2.75, 3.05) is 24.6 Å². The average Bonchev–Trinajstić information content (AvgIpc) is 3.40. The molecule has 0 aromatic carbocycles. The fraction of sp³-hybridized carbons (Fsp3) is 0.500. The molecule has 5 rings (SSSR count). The van der Waals surface area contributed by atoms with Gasteiger partial charge in [0, 0.05) is 43.1 Å². The van der Waals surface area contributed by atoms with Gasteiger partial charge in [-0.2, -0.15) is 5.26 Å². The Hall–Kier alpha value is -3.05. The van der Waals surface area contributed by atoms with Crippen molar-refractivity contribution in [1.29, 1.82) is 5.26 Å². The summed E-state index contributed by atoms with van der Waals surface area (Å²) in [5.41, 5.74) is 0.638. The summed E-state index contributed by atoms with van der Waals surface area (Å²) in [5.74, 6) is 0.459. The van der Waals surface area contributed by atoms with E-state index in [1.807, 2.05) is 11.0 Å². The van der Waals surface area contributed by atoms with Gasteiger partial charge in [-0.05, 0) is 43.9 Å². The van der Waals surface area contributed by atoms with E-state index >= 15 is 0 Å². The Kier molecular flexibility index (Phi) is 5.51.